The molecule has 0 saturated heterocycles. The summed E-state index contributed by atoms with van der Waals surface area (Å²) < 4.78 is 5.19. The van der Waals surface area contributed by atoms with E-state index in [0.717, 1.165) is 24.3 Å². The van der Waals surface area contributed by atoms with Crippen molar-refractivity contribution in [2.24, 2.45) is 28.6 Å². The molecule has 0 aromatic carbocycles. The number of aliphatic hydroxyl groups excluding tert-OH is 1. The number of allylic oxidation sites excluding steroid dienone is 3. The van der Waals surface area contributed by atoms with Gasteiger partial charge in [-0.05, 0) is 73.7 Å². The number of esters is 1. The van der Waals surface area contributed by atoms with Gasteiger partial charge in [0.2, 0.25) is 0 Å². The highest BCUT2D eigenvalue weighted by molar-refractivity contribution is 5.87. The molecule has 3 saturated carbocycles. The van der Waals surface area contributed by atoms with Gasteiger partial charge in [-0.1, -0.05) is 31.6 Å². The van der Waals surface area contributed by atoms with Crippen LogP contribution in [0.3, 0.4) is 0 Å². The predicted octanol–water partition coefficient (Wildman–Crippen LogP) is 4.33. The topological polar surface area (TPSA) is 46.5 Å². The van der Waals surface area contributed by atoms with Crippen LogP contribution in [0.1, 0.15) is 58.8 Å². The Morgan fingerprint density at radius 1 is 1.12 bits per heavy atom. The van der Waals surface area contributed by atoms with E-state index in [0.29, 0.717) is 23.9 Å². The maximum absolute atomic E-state index is 11.6. The second kappa shape index (κ2) is 5.58. The Morgan fingerprint density at radius 2 is 1.96 bits per heavy atom. The van der Waals surface area contributed by atoms with Crippen molar-refractivity contribution in [2.45, 2.75) is 64.9 Å². The molecule has 0 radical (unpaired) electrons. The summed E-state index contributed by atoms with van der Waals surface area (Å²) in [6, 6.07) is 0. The maximum Gasteiger partial charge on any atom is 0.331 e. The van der Waals surface area contributed by atoms with E-state index in [2.05, 4.69) is 26.0 Å². The van der Waals surface area contributed by atoms with Gasteiger partial charge in [0.15, 0.2) is 0 Å². The van der Waals surface area contributed by atoms with E-state index in [9.17, 15) is 9.90 Å². The zero-order valence-electron chi connectivity index (χ0n) is 16.0. The number of rotatable bonds is 1. The van der Waals surface area contributed by atoms with Gasteiger partial charge in [0, 0.05) is 17.1 Å². The van der Waals surface area contributed by atoms with Gasteiger partial charge in [-0.3, -0.25) is 0 Å². The minimum absolute atomic E-state index is 0.0794. The Kier molecular flexibility index (Phi) is 3.60. The van der Waals surface area contributed by atoms with Crippen LogP contribution in [-0.4, -0.2) is 23.8 Å². The molecule has 1 N–H and O–H groups in total. The molecule has 0 aromatic rings. The summed E-state index contributed by atoms with van der Waals surface area (Å²) in [7, 11) is 0. The lowest BCUT2D eigenvalue weighted by Crippen LogP contribution is -2.51. The minimum atomic E-state index is -0.194. The molecule has 6 atom stereocenters. The summed E-state index contributed by atoms with van der Waals surface area (Å²) in [5, 5.41) is 10.2. The Bertz CT molecular complexity index is 745. The van der Waals surface area contributed by atoms with Crippen molar-refractivity contribution in [3.8, 4) is 0 Å². The summed E-state index contributed by atoms with van der Waals surface area (Å²) in [5.41, 5.74) is 4.48. The van der Waals surface area contributed by atoms with Crippen molar-refractivity contribution >= 4 is 5.97 Å². The highest BCUT2D eigenvalue weighted by Crippen LogP contribution is 2.65. The highest BCUT2D eigenvalue weighted by atomic mass is 16.5. The molecule has 0 unspecified atom stereocenters. The Labute approximate surface area is 156 Å². The summed E-state index contributed by atoms with van der Waals surface area (Å²) in [5.74, 6) is 1.91. The molecule has 1 aliphatic heterocycles. The second-order valence-electron chi connectivity index (χ2n) is 9.77. The number of carbonyl (C=O) groups is 1. The second-order valence-corrected chi connectivity index (χ2v) is 9.77. The maximum atomic E-state index is 11.6. The Morgan fingerprint density at radius 3 is 2.73 bits per heavy atom. The monoisotopic (exact) mass is 354 g/mol. The number of aliphatic hydroxyl groups is 1. The third kappa shape index (κ3) is 2.19. The Hall–Kier alpha value is -1.35. The van der Waals surface area contributed by atoms with Crippen LogP contribution in [-0.2, 0) is 9.53 Å². The van der Waals surface area contributed by atoms with Crippen LogP contribution >= 0.6 is 0 Å². The average molecular weight is 354 g/mol. The quantitative estimate of drug-likeness (QED) is 0.713. The van der Waals surface area contributed by atoms with Gasteiger partial charge in [0.1, 0.15) is 6.61 Å². The summed E-state index contributed by atoms with van der Waals surface area (Å²) in [6.45, 7) is 5.34. The molecule has 26 heavy (non-hydrogen) atoms. The fourth-order valence-electron chi connectivity index (χ4n) is 7.22. The molecule has 0 aromatic heterocycles. The highest BCUT2D eigenvalue weighted by Gasteiger charge is 2.56. The van der Waals surface area contributed by atoms with Crippen molar-refractivity contribution in [2.75, 3.05) is 6.61 Å². The van der Waals surface area contributed by atoms with E-state index in [1.165, 1.54) is 37.7 Å². The standard InChI is InChI=1S/C23H30O3/c1-22-9-7-16(24)12-15(22)3-4-17-19-6-5-18(14-11-21(25)26-13-14)23(19,2)10-8-20(17)22/h5-6,11,15-17,20,24H,3-4,7-10,12-13H2,1-2H3/t15-,16+,17+,20+,22+,23-/m1/s1. The SMILES string of the molecule is C[C@]12CC[C@H]3[C@@H](CC[C@@H]4C[C@@H](O)CC[C@@]43C)C1=CC=C2C1=CC(=O)OC1. The fraction of sp³-hybridized carbons (Fsp3) is 0.696. The lowest BCUT2D eigenvalue weighted by atomic mass is 9.46. The average Bonchev–Trinajstić information content (AvgIpc) is 3.18. The van der Waals surface area contributed by atoms with Crippen LogP contribution in [0.2, 0.25) is 0 Å². The van der Waals surface area contributed by atoms with E-state index in [-0.39, 0.29) is 17.5 Å². The smallest absolute Gasteiger partial charge is 0.331 e. The van der Waals surface area contributed by atoms with Crippen LogP contribution in [0.5, 0.6) is 0 Å². The first-order chi connectivity index (χ1) is 12.4. The zero-order chi connectivity index (χ0) is 18.1. The minimum Gasteiger partial charge on any atom is -0.458 e. The lowest BCUT2D eigenvalue weighted by molar-refractivity contribution is -0.134. The van der Waals surface area contributed by atoms with Crippen molar-refractivity contribution in [3.05, 3.63) is 34.9 Å². The van der Waals surface area contributed by atoms with Crippen molar-refractivity contribution in [1.82, 2.24) is 0 Å². The largest absolute Gasteiger partial charge is 0.458 e. The first kappa shape index (κ1) is 16.8. The number of fused-ring (bicyclic) bond motifs is 5. The number of cyclic esters (lactones) is 1. The van der Waals surface area contributed by atoms with Crippen molar-refractivity contribution < 1.29 is 14.6 Å². The van der Waals surface area contributed by atoms with E-state index in [4.69, 9.17) is 4.74 Å². The summed E-state index contributed by atoms with van der Waals surface area (Å²) >= 11 is 0. The van der Waals surface area contributed by atoms with Crippen LogP contribution < -0.4 is 0 Å². The van der Waals surface area contributed by atoms with Gasteiger partial charge in [-0.15, -0.1) is 0 Å². The summed E-state index contributed by atoms with van der Waals surface area (Å²) in [4.78, 5) is 11.6. The van der Waals surface area contributed by atoms with Crippen LogP contribution in [0.4, 0.5) is 0 Å². The van der Waals surface area contributed by atoms with Gasteiger partial charge >= 0.3 is 5.97 Å². The summed E-state index contributed by atoms with van der Waals surface area (Å²) in [6.07, 6.45) is 14.4. The molecule has 0 bridgehead atoms. The molecule has 3 nitrogen and oxygen atoms in total. The number of carbonyl (C=O) groups excluding carboxylic acids is 1. The molecular weight excluding hydrogens is 324 g/mol. The molecular formula is C23H30O3. The zero-order valence-corrected chi connectivity index (χ0v) is 16.0. The molecule has 0 spiro atoms. The van der Waals surface area contributed by atoms with Gasteiger partial charge < -0.3 is 9.84 Å². The van der Waals surface area contributed by atoms with Gasteiger partial charge in [0.05, 0.1) is 6.10 Å². The molecule has 1 heterocycles. The number of hydrogen-bond acceptors (Lipinski definition) is 3. The predicted molar refractivity (Wildman–Crippen MR) is 100 cm³/mol. The molecule has 5 rings (SSSR count). The van der Waals surface area contributed by atoms with Gasteiger partial charge in [-0.25, -0.2) is 4.79 Å². The van der Waals surface area contributed by atoms with Gasteiger partial charge in [0.25, 0.3) is 0 Å². The third-order valence-electron chi connectivity index (χ3n) is 8.69. The first-order valence-corrected chi connectivity index (χ1v) is 10.4. The van der Waals surface area contributed by atoms with E-state index < -0.39 is 0 Å². The molecule has 3 fully saturated rings. The first-order valence-electron chi connectivity index (χ1n) is 10.4. The normalized spacial score (nSPS) is 47.2. The molecule has 4 aliphatic carbocycles. The van der Waals surface area contributed by atoms with Crippen molar-refractivity contribution in [1.29, 1.82) is 0 Å². The van der Waals surface area contributed by atoms with Crippen LogP contribution in [0.15, 0.2) is 34.9 Å². The molecule has 140 valence electrons. The Balaban J connectivity index is 1.44. The lowest BCUT2D eigenvalue weighted by Gasteiger charge is -2.59. The number of ether oxygens (including phenoxy) is 1. The molecule has 3 heteroatoms. The van der Waals surface area contributed by atoms with Crippen LogP contribution in [0, 0.1) is 28.6 Å². The van der Waals surface area contributed by atoms with Crippen LogP contribution in [0.25, 0.3) is 0 Å². The van der Waals surface area contributed by atoms with E-state index in [1.54, 1.807) is 11.6 Å². The van der Waals surface area contributed by atoms with Gasteiger partial charge in [-0.2, -0.15) is 0 Å². The van der Waals surface area contributed by atoms with E-state index >= 15 is 0 Å². The van der Waals surface area contributed by atoms with Crippen molar-refractivity contribution in [3.63, 3.8) is 0 Å². The number of hydrogen-bond donors (Lipinski definition) is 1. The molecule has 5 aliphatic rings. The third-order valence-corrected chi connectivity index (χ3v) is 8.69. The fourth-order valence-corrected chi connectivity index (χ4v) is 7.22. The van der Waals surface area contributed by atoms with E-state index in [1.807, 2.05) is 0 Å². The molecule has 0 amide bonds.